The van der Waals surface area contributed by atoms with E-state index in [-0.39, 0.29) is 0 Å². The minimum absolute atomic E-state index is 0.518. The summed E-state index contributed by atoms with van der Waals surface area (Å²) in [7, 11) is 0. The molecule has 0 atom stereocenters. The van der Waals surface area contributed by atoms with Gasteiger partial charge in [-0.15, -0.1) is 0 Å². The van der Waals surface area contributed by atoms with Crippen LogP contribution in [0.2, 0.25) is 0 Å². The largest absolute Gasteiger partial charge is 0.436 e. The molecule has 3 aromatic rings. The lowest BCUT2D eigenvalue weighted by molar-refractivity contribution is 0.470. The summed E-state index contributed by atoms with van der Waals surface area (Å²) in [5.41, 5.74) is 9.38. The lowest BCUT2D eigenvalue weighted by Crippen LogP contribution is -1.94. The van der Waals surface area contributed by atoms with Crippen molar-refractivity contribution < 1.29 is 4.74 Å². The highest BCUT2D eigenvalue weighted by Gasteiger charge is 2.13. The van der Waals surface area contributed by atoms with Crippen LogP contribution in [0.1, 0.15) is 11.3 Å². The fourth-order valence-corrected chi connectivity index (χ4v) is 2.02. The molecule has 0 fully saturated rings. The molecule has 3 N–H and O–H groups in total. The van der Waals surface area contributed by atoms with Crippen molar-refractivity contribution in [1.82, 2.24) is 15.0 Å². The third-order valence-electron chi connectivity index (χ3n) is 3.18. The highest BCUT2D eigenvalue weighted by atomic mass is 16.5. The molecule has 0 saturated heterocycles. The van der Waals surface area contributed by atoms with E-state index in [0.29, 0.717) is 17.3 Å². The van der Waals surface area contributed by atoms with Crippen molar-refractivity contribution in [3.8, 4) is 11.6 Å². The first-order valence-electron chi connectivity index (χ1n) is 5.99. The monoisotopic (exact) mass is 254 g/mol. The number of ether oxygens (including phenoxy) is 1. The van der Waals surface area contributed by atoms with Crippen molar-refractivity contribution in [3.63, 3.8) is 0 Å². The average Bonchev–Trinajstić information content (AvgIpc) is 2.69. The second-order valence-electron chi connectivity index (χ2n) is 4.42. The molecular weight excluding hydrogens is 240 g/mol. The van der Waals surface area contributed by atoms with Crippen LogP contribution in [-0.2, 0) is 0 Å². The molecule has 2 heterocycles. The summed E-state index contributed by atoms with van der Waals surface area (Å²) >= 11 is 0. The molecule has 5 nitrogen and oxygen atoms in total. The molecule has 2 aromatic heterocycles. The minimum Gasteiger partial charge on any atom is -0.436 e. The molecule has 0 spiro atoms. The Hall–Kier alpha value is -2.56. The Bertz CT molecular complexity index is 748. The third kappa shape index (κ3) is 1.89. The van der Waals surface area contributed by atoms with Gasteiger partial charge in [0, 0.05) is 5.69 Å². The molecule has 0 amide bonds. The fourth-order valence-electron chi connectivity index (χ4n) is 2.02. The number of nitrogens with two attached hydrogens (primary N) is 1. The van der Waals surface area contributed by atoms with Crippen LogP contribution in [0.15, 0.2) is 30.6 Å². The van der Waals surface area contributed by atoms with E-state index < -0.39 is 0 Å². The van der Waals surface area contributed by atoms with E-state index in [1.54, 1.807) is 6.07 Å². The zero-order valence-corrected chi connectivity index (χ0v) is 10.8. The first-order chi connectivity index (χ1) is 9.16. The molecule has 3 rings (SSSR count). The summed E-state index contributed by atoms with van der Waals surface area (Å²) in [5, 5.41) is 0.892. The number of hydrogen-bond acceptors (Lipinski definition) is 4. The van der Waals surface area contributed by atoms with Gasteiger partial charge in [0.1, 0.15) is 12.0 Å². The quantitative estimate of drug-likeness (QED) is 0.689. The molecule has 0 saturated carbocycles. The number of H-pyrrole nitrogens is 1. The zero-order valence-electron chi connectivity index (χ0n) is 10.8. The number of hydrogen-bond donors (Lipinski definition) is 2. The highest BCUT2D eigenvalue weighted by molar-refractivity contribution is 5.86. The lowest BCUT2D eigenvalue weighted by atomic mass is 10.2. The molecule has 1 aromatic carbocycles. The number of nitrogen functional groups attached to an aromatic ring is 1. The second kappa shape index (κ2) is 4.28. The highest BCUT2D eigenvalue weighted by Crippen LogP contribution is 2.32. The summed E-state index contributed by atoms with van der Waals surface area (Å²) in [6.45, 7) is 4.01. The van der Waals surface area contributed by atoms with Gasteiger partial charge in [-0.3, -0.25) is 0 Å². The van der Waals surface area contributed by atoms with Gasteiger partial charge in [0.25, 0.3) is 0 Å². The normalized spacial score (nSPS) is 10.8. The number of para-hydroxylation sites is 2. The average molecular weight is 254 g/mol. The molecule has 96 valence electrons. The van der Waals surface area contributed by atoms with Gasteiger partial charge in [-0.1, -0.05) is 12.1 Å². The van der Waals surface area contributed by atoms with Crippen LogP contribution in [-0.4, -0.2) is 15.0 Å². The summed E-state index contributed by atoms with van der Waals surface area (Å²) in [5.74, 6) is 1.12. The van der Waals surface area contributed by atoms with E-state index in [1.165, 1.54) is 6.33 Å². The van der Waals surface area contributed by atoms with Gasteiger partial charge >= 0.3 is 0 Å². The number of fused-ring (bicyclic) bond motifs is 1. The van der Waals surface area contributed by atoms with Crippen LogP contribution in [0.4, 0.5) is 5.69 Å². The predicted molar refractivity (Wildman–Crippen MR) is 74.3 cm³/mol. The maximum Gasteiger partial charge on any atom is 0.232 e. The summed E-state index contributed by atoms with van der Waals surface area (Å²) < 4.78 is 5.82. The third-order valence-corrected chi connectivity index (χ3v) is 3.18. The molecular formula is C14H14N4O. The minimum atomic E-state index is 0.518. The Balaban J connectivity index is 2.13. The van der Waals surface area contributed by atoms with Crippen molar-refractivity contribution in [2.75, 3.05) is 5.73 Å². The number of rotatable bonds is 2. The molecule has 0 aliphatic carbocycles. The number of anilines is 1. The topological polar surface area (TPSA) is 76.8 Å². The molecule has 5 heteroatoms. The standard InChI is InChI=1S/C14H14N4O/c1-8-9(2)18-13-12(8)14(17-7-16-13)19-11-6-4-3-5-10(11)15/h3-7H,15H2,1-2H3,(H,16,17,18). The van der Waals surface area contributed by atoms with Gasteiger partial charge in [-0.05, 0) is 31.5 Å². The smallest absolute Gasteiger partial charge is 0.232 e. The van der Waals surface area contributed by atoms with Crippen LogP contribution >= 0.6 is 0 Å². The SMILES string of the molecule is Cc1[nH]c2ncnc(Oc3ccccc3N)c2c1C. The van der Waals surface area contributed by atoms with Crippen molar-refractivity contribution in [3.05, 3.63) is 41.9 Å². The number of nitrogens with zero attached hydrogens (tertiary/aromatic N) is 2. The first kappa shape index (κ1) is 11.5. The lowest BCUT2D eigenvalue weighted by Gasteiger charge is -2.08. The Morgan fingerprint density at radius 1 is 1.16 bits per heavy atom. The van der Waals surface area contributed by atoms with Crippen molar-refractivity contribution >= 4 is 16.7 Å². The summed E-state index contributed by atoms with van der Waals surface area (Å²) in [4.78, 5) is 11.6. The van der Waals surface area contributed by atoms with Gasteiger partial charge in [0.05, 0.1) is 11.1 Å². The number of aromatic amines is 1. The summed E-state index contributed by atoms with van der Waals surface area (Å²) in [6, 6.07) is 7.35. The van der Waals surface area contributed by atoms with E-state index in [0.717, 1.165) is 22.3 Å². The van der Waals surface area contributed by atoms with E-state index in [2.05, 4.69) is 15.0 Å². The zero-order chi connectivity index (χ0) is 13.4. The molecule has 0 bridgehead atoms. The predicted octanol–water partition coefficient (Wildman–Crippen LogP) is 2.95. The fraction of sp³-hybridized carbons (Fsp3) is 0.143. The number of aromatic nitrogens is 3. The van der Waals surface area contributed by atoms with Gasteiger partial charge in [-0.25, -0.2) is 9.97 Å². The maximum absolute atomic E-state index is 5.88. The molecule has 0 aliphatic rings. The molecule has 0 unspecified atom stereocenters. The molecule has 0 radical (unpaired) electrons. The van der Waals surface area contributed by atoms with Gasteiger partial charge < -0.3 is 15.5 Å². The van der Waals surface area contributed by atoms with Crippen LogP contribution in [0.25, 0.3) is 11.0 Å². The maximum atomic E-state index is 5.88. The van der Waals surface area contributed by atoms with E-state index in [9.17, 15) is 0 Å². The van der Waals surface area contributed by atoms with Gasteiger partial charge in [0.15, 0.2) is 5.75 Å². The Morgan fingerprint density at radius 3 is 2.74 bits per heavy atom. The Kier molecular flexibility index (Phi) is 2.59. The van der Waals surface area contributed by atoms with Gasteiger partial charge in [-0.2, -0.15) is 0 Å². The number of nitrogens with one attached hydrogen (secondary N) is 1. The number of aryl methyl sites for hydroxylation is 2. The van der Waals surface area contributed by atoms with Crippen LogP contribution < -0.4 is 10.5 Å². The van der Waals surface area contributed by atoms with Gasteiger partial charge in [0.2, 0.25) is 5.88 Å². The van der Waals surface area contributed by atoms with Crippen molar-refractivity contribution in [2.24, 2.45) is 0 Å². The van der Waals surface area contributed by atoms with Crippen LogP contribution in [0, 0.1) is 13.8 Å². The van der Waals surface area contributed by atoms with E-state index >= 15 is 0 Å². The second-order valence-corrected chi connectivity index (χ2v) is 4.42. The first-order valence-corrected chi connectivity index (χ1v) is 5.99. The Labute approximate surface area is 110 Å². The Morgan fingerprint density at radius 2 is 1.95 bits per heavy atom. The van der Waals surface area contributed by atoms with Crippen LogP contribution in [0.5, 0.6) is 11.6 Å². The molecule has 0 aliphatic heterocycles. The van der Waals surface area contributed by atoms with E-state index in [1.807, 2.05) is 32.0 Å². The van der Waals surface area contributed by atoms with Crippen molar-refractivity contribution in [2.45, 2.75) is 13.8 Å². The number of benzene rings is 1. The van der Waals surface area contributed by atoms with E-state index in [4.69, 9.17) is 10.5 Å². The van der Waals surface area contributed by atoms with Crippen molar-refractivity contribution in [1.29, 1.82) is 0 Å². The summed E-state index contributed by atoms with van der Waals surface area (Å²) in [6.07, 6.45) is 1.48. The van der Waals surface area contributed by atoms with Crippen LogP contribution in [0.3, 0.4) is 0 Å². The molecule has 19 heavy (non-hydrogen) atoms.